The molecule has 4 heteroatoms. The fourth-order valence-corrected chi connectivity index (χ4v) is 1.37. The highest BCUT2D eigenvalue weighted by Gasteiger charge is 1.93. The highest BCUT2D eigenvalue weighted by atomic mass is 16.5. The van der Waals surface area contributed by atoms with E-state index in [1.807, 2.05) is 36.4 Å². The van der Waals surface area contributed by atoms with Crippen LogP contribution in [0.15, 0.2) is 36.7 Å². The minimum atomic E-state index is 0.281. The highest BCUT2D eigenvalue weighted by Crippen LogP contribution is 2.14. The van der Waals surface area contributed by atoms with Crippen LogP contribution < -0.4 is 10.5 Å². The van der Waals surface area contributed by atoms with Crippen LogP contribution in [-0.2, 0) is 0 Å². The van der Waals surface area contributed by atoms with Crippen molar-refractivity contribution < 1.29 is 4.74 Å². The molecule has 2 rings (SSSR count). The number of nitrogens with two attached hydrogens (primary N) is 1. The maximum atomic E-state index is 5.41. The smallest absolute Gasteiger partial charge is 0.219 e. The van der Waals surface area contributed by atoms with Crippen molar-refractivity contribution in [3.63, 3.8) is 0 Å². The monoisotopic (exact) mass is 227 g/mol. The van der Waals surface area contributed by atoms with Crippen molar-refractivity contribution in [2.45, 2.75) is 0 Å². The van der Waals surface area contributed by atoms with E-state index < -0.39 is 0 Å². The predicted molar refractivity (Wildman–Crippen MR) is 68.4 cm³/mol. The van der Waals surface area contributed by atoms with Gasteiger partial charge in [0.15, 0.2) is 0 Å². The van der Waals surface area contributed by atoms with Crippen LogP contribution in [0.3, 0.4) is 0 Å². The quantitative estimate of drug-likeness (QED) is 0.873. The standard InChI is InChI=1S/C13H13N3O/c1-17-12-4-2-3-10(7-12)5-6-11-8-15-13(14)16-9-11/h2-9H,1H3,(H2,14,15,16)/b6-5+. The van der Waals surface area contributed by atoms with Crippen LogP contribution in [0.5, 0.6) is 5.75 Å². The van der Waals surface area contributed by atoms with Gasteiger partial charge in [0.1, 0.15) is 5.75 Å². The molecule has 0 radical (unpaired) electrons. The topological polar surface area (TPSA) is 61.0 Å². The second kappa shape index (κ2) is 5.12. The summed E-state index contributed by atoms with van der Waals surface area (Å²) in [7, 11) is 1.65. The van der Waals surface area contributed by atoms with Crippen molar-refractivity contribution >= 4 is 18.1 Å². The van der Waals surface area contributed by atoms with Gasteiger partial charge in [0.25, 0.3) is 0 Å². The van der Waals surface area contributed by atoms with E-state index in [9.17, 15) is 0 Å². The van der Waals surface area contributed by atoms with E-state index in [2.05, 4.69) is 9.97 Å². The zero-order chi connectivity index (χ0) is 12.1. The van der Waals surface area contributed by atoms with Crippen molar-refractivity contribution in [1.82, 2.24) is 9.97 Å². The Labute approximate surface area is 99.8 Å². The molecule has 0 atom stereocenters. The molecule has 2 aromatic rings. The Morgan fingerprint density at radius 3 is 2.53 bits per heavy atom. The number of nitrogens with zero attached hydrogens (tertiary/aromatic N) is 2. The molecule has 0 spiro atoms. The van der Waals surface area contributed by atoms with Gasteiger partial charge in [-0.25, -0.2) is 9.97 Å². The molecule has 0 unspecified atom stereocenters. The lowest BCUT2D eigenvalue weighted by Gasteiger charge is -2.00. The number of hydrogen-bond acceptors (Lipinski definition) is 4. The molecule has 0 fully saturated rings. The summed E-state index contributed by atoms with van der Waals surface area (Å²) in [6, 6.07) is 7.80. The van der Waals surface area contributed by atoms with Gasteiger partial charge in [-0.3, -0.25) is 0 Å². The molecular weight excluding hydrogens is 214 g/mol. The van der Waals surface area contributed by atoms with E-state index in [1.54, 1.807) is 19.5 Å². The van der Waals surface area contributed by atoms with Gasteiger partial charge in [0.2, 0.25) is 5.95 Å². The molecule has 17 heavy (non-hydrogen) atoms. The molecule has 2 N–H and O–H groups in total. The Morgan fingerprint density at radius 1 is 1.12 bits per heavy atom. The molecule has 1 heterocycles. The van der Waals surface area contributed by atoms with E-state index in [0.717, 1.165) is 16.9 Å². The van der Waals surface area contributed by atoms with Gasteiger partial charge in [-0.1, -0.05) is 24.3 Å². The zero-order valence-electron chi connectivity index (χ0n) is 9.50. The van der Waals surface area contributed by atoms with Crippen molar-refractivity contribution in [1.29, 1.82) is 0 Å². The third-order valence-electron chi connectivity index (χ3n) is 2.25. The molecule has 0 aliphatic carbocycles. The Hall–Kier alpha value is -2.36. The van der Waals surface area contributed by atoms with Crippen LogP contribution in [0.25, 0.3) is 12.2 Å². The van der Waals surface area contributed by atoms with Gasteiger partial charge >= 0.3 is 0 Å². The molecule has 86 valence electrons. The Kier molecular flexibility index (Phi) is 3.35. The van der Waals surface area contributed by atoms with E-state index in [4.69, 9.17) is 10.5 Å². The van der Waals surface area contributed by atoms with Crippen LogP contribution in [0, 0.1) is 0 Å². The van der Waals surface area contributed by atoms with E-state index in [0.29, 0.717) is 0 Å². The Morgan fingerprint density at radius 2 is 1.82 bits per heavy atom. The van der Waals surface area contributed by atoms with Gasteiger partial charge in [-0.15, -0.1) is 0 Å². The van der Waals surface area contributed by atoms with Crippen molar-refractivity contribution in [2.75, 3.05) is 12.8 Å². The summed E-state index contributed by atoms with van der Waals surface area (Å²) in [6.45, 7) is 0. The van der Waals surface area contributed by atoms with Crippen molar-refractivity contribution in [2.24, 2.45) is 0 Å². The normalized spacial score (nSPS) is 10.6. The fraction of sp³-hybridized carbons (Fsp3) is 0.0769. The van der Waals surface area contributed by atoms with Crippen LogP contribution in [0.2, 0.25) is 0 Å². The molecule has 4 nitrogen and oxygen atoms in total. The first-order valence-electron chi connectivity index (χ1n) is 5.17. The first-order chi connectivity index (χ1) is 8.28. The maximum absolute atomic E-state index is 5.41. The van der Waals surface area contributed by atoms with Gasteiger partial charge < -0.3 is 10.5 Å². The van der Waals surface area contributed by atoms with E-state index >= 15 is 0 Å². The van der Waals surface area contributed by atoms with Crippen LogP contribution in [0.4, 0.5) is 5.95 Å². The number of ether oxygens (including phenoxy) is 1. The van der Waals surface area contributed by atoms with Crippen molar-refractivity contribution in [3.8, 4) is 5.75 Å². The van der Waals surface area contributed by atoms with Crippen LogP contribution in [0.1, 0.15) is 11.1 Å². The Bertz CT molecular complexity index is 520. The SMILES string of the molecule is COc1cccc(/C=C/c2cnc(N)nc2)c1. The molecule has 0 saturated carbocycles. The molecule has 0 aliphatic heterocycles. The zero-order valence-corrected chi connectivity index (χ0v) is 9.50. The summed E-state index contributed by atoms with van der Waals surface area (Å²) in [4.78, 5) is 7.83. The largest absolute Gasteiger partial charge is 0.497 e. The summed E-state index contributed by atoms with van der Waals surface area (Å²) < 4.78 is 5.15. The highest BCUT2D eigenvalue weighted by molar-refractivity contribution is 5.69. The first-order valence-corrected chi connectivity index (χ1v) is 5.17. The van der Waals surface area contributed by atoms with Gasteiger partial charge in [0, 0.05) is 18.0 Å². The number of anilines is 1. The first kappa shape index (κ1) is 11.1. The number of methoxy groups -OCH3 is 1. The third kappa shape index (κ3) is 3.04. The van der Waals surface area contributed by atoms with Crippen molar-refractivity contribution in [3.05, 3.63) is 47.8 Å². The lowest BCUT2D eigenvalue weighted by atomic mass is 10.2. The summed E-state index contributed by atoms with van der Waals surface area (Å²) in [5.41, 5.74) is 7.37. The third-order valence-corrected chi connectivity index (χ3v) is 2.25. The number of hydrogen-bond donors (Lipinski definition) is 1. The molecule has 1 aromatic heterocycles. The molecule has 0 aliphatic rings. The lowest BCUT2D eigenvalue weighted by molar-refractivity contribution is 0.414. The number of benzene rings is 1. The minimum absolute atomic E-state index is 0.281. The van der Waals surface area contributed by atoms with E-state index in [1.165, 1.54) is 0 Å². The molecule has 0 saturated heterocycles. The number of aromatic nitrogens is 2. The summed E-state index contributed by atoms with van der Waals surface area (Å²) in [5, 5.41) is 0. The predicted octanol–water partition coefficient (Wildman–Crippen LogP) is 2.24. The minimum Gasteiger partial charge on any atom is -0.497 e. The Balaban J connectivity index is 2.16. The number of rotatable bonds is 3. The summed E-state index contributed by atoms with van der Waals surface area (Å²) in [5.74, 6) is 1.12. The summed E-state index contributed by atoms with van der Waals surface area (Å²) >= 11 is 0. The maximum Gasteiger partial charge on any atom is 0.219 e. The van der Waals surface area contributed by atoms with Gasteiger partial charge in [-0.05, 0) is 17.7 Å². The average Bonchev–Trinajstić information content (AvgIpc) is 2.38. The second-order valence-corrected chi connectivity index (χ2v) is 3.48. The second-order valence-electron chi connectivity index (χ2n) is 3.48. The average molecular weight is 227 g/mol. The van der Waals surface area contributed by atoms with E-state index in [-0.39, 0.29) is 5.95 Å². The number of nitrogen functional groups attached to an aromatic ring is 1. The molecule has 0 amide bonds. The molecular formula is C13H13N3O. The van der Waals surface area contributed by atoms with Gasteiger partial charge in [0.05, 0.1) is 7.11 Å². The molecule has 1 aromatic carbocycles. The molecule has 0 bridgehead atoms. The lowest BCUT2D eigenvalue weighted by Crippen LogP contribution is -1.92. The fourth-order valence-electron chi connectivity index (χ4n) is 1.37. The van der Waals surface area contributed by atoms with Crippen LogP contribution >= 0.6 is 0 Å². The van der Waals surface area contributed by atoms with Gasteiger partial charge in [-0.2, -0.15) is 0 Å². The summed E-state index contributed by atoms with van der Waals surface area (Å²) in [6.07, 6.45) is 7.25. The van der Waals surface area contributed by atoms with Crippen LogP contribution in [-0.4, -0.2) is 17.1 Å².